The molecular weight excluding hydrogens is 360 g/mol. The number of nitrogens with zero attached hydrogens (tertiary/aromatic N) is 2. The van der Waals surface area contributed by atoms with Gasteiger partial charge in [0.15, 0.2) is 6.29 Å². The van der Waals surface area contributed by atoms with E-state index < -0.39 is 0 Å². The van der Waals surface area contributed by atoms with Crippen molar-refractivity contribution < 1.29 is 13.7 Å². The Morgan fingerprint density at radius 2 is 1.78 bits per heavy atom. The molecule has 140 valence electrons. The van der Waals surface area contributed by atoms with E-state index in [0.29, 0.717) is 24.5 Å². The molecule has 0 bridgehead atoms. The van der Waals surface area contributed by atoms with Gasteiger partial charge in [0.1, 0.15) is 5.75 Å². The van der Waals surface area contributed by atoms with Gasteiger partial charge in [-0.1, -0.05) is 17.7 Å². The molecule has 2 aromatic carbocycles. The van der Waals surface area contributed by atoms with Crippen LogP contribution in [0.15, 0.2) is 59.6 Å². The molecule has 0 saturated carbocycles. The van der Waals surface area contributed by atoms with Gasteiger partial charge < -0.3 is 8.92 Å². The van der Waals surface area contributed by atoms with Crippen LogP contribution in [0.25, 0.3) is 5.69 Å². The third-order valence-electron chi connectivity index (χ3n) is 3.98. The Kier molecular flexibility index (Phi) is 6.68. The van der Waals surface area contributed by atoms with E-state index in [4.69, 9.17) is 8.92 Å². The summed E-state index contributed by atoms with van der Waals surface area (Å²) >= 11 is 1.39. The molecule has 3 rings (SSSR count). The Morgan fingerprint density at radius 1 is 1.04 bits per heavy atom. The van der Waals surface area contributed by atoms with Gasteiger partial charge >= 0.3 is 0 Å². The molecule has 0 amide bonds. The zero-order valence-corrected chi connectivity index (χ0v) is 16.2. The average molecular weight is 382 g/mol. The van der Waals surface area contributed by atoms with Crippen LogP contribution in [0.3, 0.4) is 0 Å². The quantitative estimate of drug-likeness (QED) is 0.302. The van der Waals surface area contributed by atoms with Crippen LogP contribution in [-0.2, 0) is 4.18 Å². The van der Waals surface area contributed by atoms with E-state index in [2.05, 4.69) is 36.3 Å². The molecular formula is C21H22N2O3S. The van der Waals surface area contributed by atoms with Gasteiger partial charge in [-0.15, -0.1) is 0 Å². The maximum atomic E-state index is 10.9. The molecule has 1 aromatic heterocycles. The van der Waals surface area contributed by atoms with E-state index in [9.17, 15) is 4.79 Å². The van der Waals surface area contributed by atoms with Crippen LogP contribution < -0.4 is 4.74 Å². The molecule has 0 atom stereocenters. The number of rotatable bonds is 9. The van der Waals surface area contributed by atoms with Crippen LogP contribution >= 0.6 is 12.0 Å². The molecule has 27 heavy (non-hydrogen) atoms. The number of aryl methyl sites for hydroxylation is 2. The number of aldehydes is 1. The molecule has 0 unspecified atom stereocenters. The molecule has 1 heterocycles. The third kappa shape index (κ3) is 5.45. The number of carbonyl (C=O) groups is 1. The topological polar surface area (TPSA) is 53.4 Å². The first-order valence-corrected chi connectivity index (χ1v) is 9.51. The highest BCUT2D eigenvalue weighted by Crippen LogP contribution is 2.20. The first-order chi connectivity index (χ1) is 13.2. The Bertz CT molecular complexity index is 873. The highest BCUT2D eigenvalue weighted by molar-refractivity contribution is 7.94. The lowest BCUT2D eigenvalue weighted by Gasteiger charge is -2.08. The molecule has 0 aliphatic heterocycles. The average Bonchev–Trinajstić information content (AvgIpc) is 3.07. The van der Waals surface area contributed by atoms with E-state index in [1.807, 2.05) is 31.2 Å². The summed E-state index contributed by atoms with van der Waals surface area (Å²) in [5, 5.41) is 4.33. The molecule has 0 N–H and O–H groups in total. The summed E-state index contributed by atoms with van der Waals surface area (Å²) < 4.78 is 13.0. The van der Waals surface area contributed by atoms with Crippen molar-refractivity contribution in [2.24, 2.45) is 0 Å². The lowest BCUT2D eigenvalue weighted by Crippen LogP contribution is -2.01. The van der Waals surface area contributed by atoms with Crippen molar-refractivity contribution in [3.63, 3.8) is 0 Å². The second kappa shape index (κ2) is 9.39. The van der Waals surface area contributed by atoms with E-state index >= 15 is 0 Å². The maximum Gasteiger partial charge on any atom is 0.153 e. The van der Waals surface area contributed by atoms with Crippen LogP contribution in [0.2, 0.25) is 0 Å². The van der Waals surface area contributed by atoms with Crippen molar-refractivity contribution in [1.29, 1.82) is 0 Å². The molecule has 0 aliphatic rings. The Labute approximate surface area is 163 Å². The first kappa shape index (κ1) is 19.2. The predicted molar refractivity (Wildman–Crippen MR) is 107 cm³/mol. The van der Waals surface area contributed by atoms with Crippen LogP contribution in [0.1, 0.15) is 28.0 Å². The minimum Gasteiger partial charge on any atom is -0.494 e. The Morgan fingerprint density at radius 3 is 2.44 bits per heavy atom. The molecule has 0 fully saturated rings. The van der Waals surface area contributed by atoms with Gasteiger partial charge in [0, 0.05) is 29.6 Å². The molecule has 0 saturated heterocycles. The summed E-state index contributed by atoms with van der Waals surface area (Å²) in [6.07, 6.45) is 3.35. The normalized spacial score (nSPS) is 10.7. The first-order valence-electron chi connectivity index (χ1n) is 8.76. The standard InChI is InChI=1S/C21H22N2O3S/c1-16-4-10-21(11-5-16)27-26-13-3-12-25-20-8-6-19(7-9-20)23-14-18(15-24)17(2)22-23/h4-11,14-15H,3,12-13H2,1-2H3. The number of carbonyl (C=O) groups excluding carboxylic acids is 1. The Balaban J connectivity index is 1.39. The minimum absolute atomic E-state index is 0.587. The summed E-state index contributed by atoms with van der Waals surface area (Å²) in [5.74, 6) is 0.796. The smallest absolute Gasteiger partial charge is 0.153 e. The monoisotopic (exact) mass is 382 g/mol. The van der Waals surface area contributed by atoms with Crippen LogP contribution in [-0.4, -0.2) is 29.3 Å². The summed E-state index contributed by atoms with van der Waals surface area (Å²) in [6.45, 7) is 5.09. The maximum absolute atomic E-state index is 10.9. The second-order valence-corrected chi connectivity index (χ2v) is 7.02. The van der Waals surface area contributed by atoms with Crippen molar-refractivity contribution >= 4 is 18.3 Å². The number of hydrogen-bond donors (Lipinski definition) is 0. The zero-order valence-electron chi connectivity index (χ0n) is 15.4. The third-order valence-corrected chi connectivity index (χ3v) is 4.73. The lowest BCUT2D eigenvalue weighted by atomic mass is 10.2. The van der Waals surface area contributed by atoms with Crippen molar-refractivity contribution in [3.05, 3.63) is 71.5 Å². The van der Waals surface area contributed by atoms with Crippen molar-refractivity contribution in [1.82, 2.24) is 9.78 Å². The summed E-state index contributed by atoms with van der Waals surface area (Å²) in [5.41, 5.74) is 3.44. The molecule has 0 spiro atoms. The van der Waals surface area contributed by atoms with Crippen LogP contribution in [0.4, 0.5) is 0 Å². The Hall–Kier alpha value is -2.57. The van der Waals surface area contributed by atoms with Gasteiger partial charge in [-0.25, -0.2) is 4.68 Å². The molecule has 0 aliphatic carbocycles. The molecule has 0 radical (unpaired) electrons. The van der Waals surface area contributed by atoms with Gasteiger partial charge in [-0.2, -0.15) is 5.10 Å². The second-order valence-electron chi connectivity index (χ2n) is 6.15. The van der Waals surface area contributed by atoms with Gasteiger partial charge in [-0.05, 0) is 50.2 Å². The van der Waals surface area contributed by atoms with Crippen molar-refractivity contribution in [3.8, 4) is 11.4 Å². The van der Waals surface area contributed by atoms with Crippen molar-refractivity contribution in [2.45, 2.75) is 25.2 Å². The summed E-state index contributed by atoms with van der Waals surface area (Å²) in [4.78, 5) is 12.0. The number of aromatic nitrogens is 2. The summed E-state index contributed by atoms with van der Waals surface area (Å²) in [7, 11) is 0. The highest BCUT2D eigenvalue weighted by atomic mass is 32.2. The SMILES string of the molecule is Cc1ccc(SOCCCOc2ccc(-n3cc(C=O)c(C)n3)cc2)cc1. The van der Waals surface area contributed by atoms with Crippen molar-refractivity contribution in [2.75, 3.05) is 13.2 Å². The van der Waals surface area contributed by atoms with E-state index in [1.54, 1.807) is 10.9 Å². The van der Waals surface area contributed by atoms with Gasteiger partial charge in [-0.3, -0.25) is 4.79 Å². The summed E-state index contributed by atoms with van der Waals surface area (Å²) in [6, 6.07) is 15.9. The molecule has 3 aromatic rings. The largest absolute Gasteiger partial charge is 0.494 e. The predicted octanol–water partition coefficient (Wildman–Crippen LogP) is 4.79. The van der Waals surface area contributed by atoms with E-state index in [0.717, 1.165) is 29.0 Å². The zero-order chi connectivity index (χ0) is 19.1. The fourth-order valence-corrected chi connectivity index (χ4v) is 3.01. The van der Waals surface area contributed by atoms with E-state index in [1.165, 1.54) is 17.6 Å². The van der Waals surface area contributed by atoms with Crippen LogP contribution in [0.5, 0.6) is 5.75 Å². The fraction of sp³-hybridized carbons (Fsp3) is 0.238. The number of benzene rings is 2. The lowest BCUT2D eigenvalue weighted by molar-refractivity contribution is 0.112. The molecule has 5 nitrogen and oxygen atoms in total. The highest BCUT2D eigenvalue weighted by Gasteiger charge is 2.05. The van der Waals surface area contributed by atoms with Gasteiger partial charge in [0.25, 0.3) is 0 Å². The van der Waals surface area contributed by atoms with Gasteiger partial charge in [0.2, 0.25) is 0 Å². The fourth-order valence-electron chi connectivity index (χ4n) is 2.43. The molecule has 6 heteroatoms. The van der Waals surface area contributed by atoms with E-state index in [-0.39, 0.29) is 0 Å². The van der Waals surface area contributed by atoms with Gasteiger partial charge in [0.05, 0.1) is 30.2 Å². The number of hydrogen-bond acceptors (Lipinski definition) is 5. The van der Waals surface area contributed by atoms with Crippen LogP contribution in [0, 0.1) is 13.8 Å². The minimum atomic E-state index is 0.587. The number of ether oxygens (including phenoxy) is 1.